The number of rotatable bonds is 5. The number of aromatic nitrogens is 2. The first-order valence-electron chi connectivity index (χ1n) is 9.93. The van der Waals surface area contributed by atoms with Crippen molar-refractivity contribution in [1.29, 1.82) is 0 Å². The lowest BCUT2D eigenvalue weighted by Crippen LogP contribution is -2.50. The zero-order valence-electron chi connectivity index (χ0n) is 17.0. The summed E-state index contributed by atoms with van der Waals surface area (Å²) in [6.07, 6.45) is 1.91. The summed E-state index contributed by atoms with van der Waals surface area (Å²) >= 11 is 0. The van der Waals surface area contributed by atoms with Crippen LogP contribution in [0.5, 0.6) is 0 Å². The molecule has 1 N–H and O–H groups in total. The van der Waals surface area contributed by atoms with Crippen molar-refractivity contribution >= 4 is 22.6 Å². The van der Waals surface area contributed by atoms with Crippen molar-refractivity contribution in [2.75, 3.05) is 45.2 Å². The molecule has 2 aromatic carbocycles. The smallest absolute Gasteiger partial charge is 0.253 e. The Kier molecular flexibility index (Phi) is 5.36. The van der Waals surface area contributed by atoms with E-state index in [1.807, 2.05) is 78.5 Å². The van der Waals surface area contributed by atoms with Crippen LogP contribution in [0.15, 0.2) is 61.2 Å². The minimum atomic E-state index is 0.0131. The third kappa shape index (κ3) is 3.89. The standard InChI is InChI=1S/C23H27N5O/c1-4-13-27-14-15-28(23(29)17-9-11-18(12-10-17)26(2)3)16-21(27)22-24-19-7-5-6-8-20(19)25-22/h4-12,21H,1,13-16H2,2-3H3,(H,24,25). The maximum atomic E-state index is 13.1. The molecule has 1 amide bonds. The van der Waals surface area contributed by atoms with Gasteiger partial charge in [0.2, 0.25) is 0 Å². The normalized spacial score (nSPS) is 17.4. The van der Waals surface area contributed by atoms with E-state index in [0.29, 0.717) is 13.1 Å². The topological polar surface area (TPSA) is 55.5 Å². The Hall–Kier alpha value is -3.12. The molecule has 1 aliphatic heterocycles. The number of hydrogen-bond acceptors (Lipinski definition) is 4. The molecular weight excluding hydrogens is 362 g/mol. The monoisotopic (exact) mass is 389 g/mol. The highest BCUT2D eigenvalue weighted by atomic mass is 16.2. The maximum absolute atomic E-state index is 13.1. The maximum Gasteiger partial charge on any atom is 0.253 e. The molecule has 0 bridgehead atoms. The van der Waals surface area contributed by atoms with Crippen LogP contribution in [0.2, 0.25) is 0 Å². The van der Waals surface area contributed by atoms with E-state index in [2.05, 4.69) is 16.5 Å². The highest BCUT2D eigenvalue weighted by Crippen LogP contribution is 2.26. The third-order valence-corrected chi connectivity index (χ3v) is 5.50. The van der Waals surface area contributed by atoms with Crippen molar-refractivity contribution < 1.29 is 4.79 Å². The van der Waals surface area contributed by atoms with Crippen LogP contribution in [0.25, 0.3) is 11.0 Å². The Balaban J connectivity index is 1.58. The van der Waals surface area contributed by atoms with E-state index in [9.17, 15) is 4.79 Å². The van der Waals surface area contributed by atoms with Gasteiger partial charge in [0, 0.05) is 51.5 Å². The molecule has 4 rings (SSSR count). The van der Waals surface area contributed by atoms with Crippen LogP contribution in [-0.2, 0) is 0 Å². The minimum Gasteiger partial charge on any atom is -0.378 e. The number of hydrogen-bond donors (Lipinski definition) is 1. The minimum absolute atomic E-state index is 0.0131. The lowest BCUT2D eigenvalue weighted by Gasteiger charge is -2.40. The molecule has 0 aliphatic carbocycles. The summed E-state index contributed by atoms with van der Waals surface area (Å²) in [6.45, 7) is 6.74. The molecule has 0 spiro atoms. The molecule has 1 unspecified atom stereocenters. The fourth-order valence-electron chi connectivity index (χ4n) is 3.86. The average Bonchev–Trinajstić information content (AvgIpc) is 3.18. The number of nitrogens with one attached hydrogen (secondary N) is 1. The number of aromatic amines is 1. The molecule has 1 aliphatic rings. The van der Waals surface area contributed by atoms with Crippen LogP contribution >= 0.6 is 0 Å². The summed E-state index contributed by atoms with van der Waals surface area (Å²) in [5.41, 5.74) is 3.76. The summed E-state index contributed by atoms with van der Waals surface area (Å²) in [6, 6.07) is 15.8. The molecule has 1 atom stereocenters. The predicted molar refractivity (Wildman–Crippen MR) is 117 cm³/mol. The first kappa shape index (κ1) is 19.2. The van der Waals surface area contributed by atoms with Gasteiger partial charge in [0.15, 0.2) is 0 Å². The van der Waals surface area contributed by atoms with Gasteiger partial charge >= 0.3 is 0 Å². The van der Waals surface area contributed by atoms with Crippen molar-refractivity contribution in [2.24, 2.45) is 0 Å². The first-order chi connectivity index (χ1) is 14.1. The SMILES string of the molecule is C=CCN1CCN(C(=O)c2ccc(N(C)C)cc2)CC1c1nc2ccccc2[nH]1. The van der Waals surface area contributed by atoms with E-state index in [-0.39, 0.29) is 11.9 Å². The molecule has 29 heavy (non-hydrogen) atoms. The van der Waals surface area contributed by atoms with E-state index in [4.69, 9.17) is 4.98 Å². The van der Waals surface area contributed by atoms with Gasteiger partial charge in [0.25, 0.3) is 5.91 Å². The van der Waals surface area contributed by atoms with Crippen molar-refractivity contribution in [3.8, 4) is 0 Å². The Morgan fingerprint density at radius 1 is 1.21 bits per heavy atom. The molecule has 1 aromatic heterocycles. The van der Waals surface area contributed by atoms with E-state index >= 15 is 0 Å². The van der Waals surface area contributed by atoms with E-state index in [1.165, 1.54) is 0 Å². The fraction of sp³-hybridized carbons (Fsp3) is 0.304. The number of anilines is 1. The zero-order valence-corrected chi connectivity index (χ0v) is 17.0. The van der Waals surface area contributed by atoms with Crippen LogP contribution in [0, 0.1) is 0 Å². The Morgan fingerprint density at radius 3 is 2.66 bits per heavy atom. The lowest BCUT2D eigenvalue weighted by molar-refractivity contribution is 0.0498. The second-order valence-corrected chi connectivity index (χ2v) is 7.63. The van der Waals surface area contributed by atoms with E-state index < -0.39 is 0 Å². The fourth-order valence-corrected chi connectivity index (χ4v) is 3.86. The number of para-hydroxylation sites is 2. The first-order valence-corrected chi connectivity index (χ1v) is 9.93. The van der Waals surface area contributed by atoms with Gasteiger partial charge in [-0.25, -0.2) is 4.98 Å². The summed E-state index contributed by atoms with van der Waals surface area (Å²) in [4.78, 5) is 27.7. The highest BCUT2D eigenvalue weighted by molar-refractivity contribution is 5.94. The number of fused-ring (bicyclic) bond motifs is 1. The molecule has 0 radical (unpaired) electrons. The molecule has 2 heterocycles. The summed E-state index contributed by atoms with van der Waals surface area (Å²) in [5, 5.41) is 0. The number of nitrogens with zero attached hydrogens (tertiary/aromatic N) is 4. The molecule has 6 nitrogen and oxygen atoms in total. The van der Waals surface area contributed by atoms with Gasteiger partial charge in [0.1, 0.15) is 5.82 Å². The summed E-state index contributed by atoms with van der Waals surface area (Å²) < 4.78 is 0. The molecular formula is C23H27N5O. The quantitative estimate of drug-likeness (QED) is 0.680. The van der Waals surface area contributed by atoms with Crippen molar-refractivity contribution in [3.05, 3.63) is 72.6 Å². The van der Waals surface area contributed by atoms with E-state index in [0.717, 1.165) is 41.2 Å². The predicted octanol–water partition coefficient (Wildman–Crippen LogP) is 3.31. The van der Waals surface area contributed by atoms with Crippen LogP contribution < -0.4 is 4.90 Å². The van der Waals surface area contributed by atoms with Crippen molar-refractivity contribution in [2.45, 2.75) is 6.04 Å². The molecule has 6 heteroatoms. The van der Waals surface area contributed by atoms with Crippen molar-refractivity contribution in [1.82, 2.24) is 19.8 Å². The second kappa shape index (κ2) is 8.09. The van der Waals surface area contributed by atoms with E-state index in [1.54, 1.807) is 0 Å². The second-order valence-electron chi connectivity index (χ2n) is 7.63. The van der Waals surface area contributed by atoms with Gasteiger partial charge in [0.05, 0.1) is 17.1 Å². The van der Waals surface area contributed by atoms with Gasteiger partial charge in [-0.15, -0.1) is 6.58 Å². The number of piperazine rings is 1. The number of carbonyl (C=O) groups is 1. The molecule has 1 saturated heterocycles. The van der Waals surface area contributed by atoms with Crippen molar-refractivity contribution in [3.63, 3.8) is 0 Å². The zero-order chi connectivity index (χ0) is 20.4. The summed E-state index contributed by atoms with van der Waals surface area (Å²) in [5.74, 6) is 0.961. The Morgan fingerprint density at radius 2 is 1.97 bits per heavy atom. The van der Waals surface area contributed by atoms with Gasteiger partial charge in [-0.05, 0) is 36.4 Å². The molecule has 150 valence electrons. The molecule has 3 aromatic rings. The van der Waals surface area contributed by atoms with Crippen LogP contribution in [0.3, 0.4) is 0 Å². The third-order valence-electron chi connectivity index (χ3n) is 5.50. The van der Waals surface area contributed by atoms with Crippen LogP contribution in [0.4, 0.5) is 5.69 Å². The number of benzene rings is 2. The average molecular weight is 390 g/mol. The number of amides is 1. The molecule has 0 saturated carbocycles. The Labute approximate surface area is 171 Å². The van der Waals surface area contributed by atoms with Gasteiger partial charge in [-0.1, -0.05) is 18.2 Å². The number of imidazole rings is 1. The van der Waals surface area contributed by atoms with Gasteiger partial charge in [-0.2, -0.15) is 0 Å². The number of H-pyrrole nitrogens is 1. The van der Waals surface area contributed by atoms with Crippen LogP contribution in [0.1, 0.15) is 22.2 Å². The highest BCUT2D eigenvalue weighted by Gasteiger charge is 2.32. The van der Waals surface area contributed by atoms with Crippen LogP contribution in [-0.4, -0.2) is 65.9 Å². The largest absolute Gasteiger partial charge is 0.378 e. The summed E-state index contributed by atoms with van der Waals surface area (Å²) in [7, 11) is 3.99. The lowest BCUT2D eigenvalue weighted by atomic mass is 10.1. The molecule has 1 fully saturated rings. The Bertz CT molecular complexity index is 975. The van der Waals surface area contributed by atoms with Gasteiger partial charge < -0.3 is 14.8 Å². The van der Waals surface area contributed by atoms with Gasteiger partial charge in [-0.3, -0.25) is 9.69 Å². The number of carbonyl (C=O) groups excluding carboxylic acids is 1.